The highest BCUT2D eigenvalue weighted by Gasteiger charge is 2.19. The molecule has 0 aliphatic rings. The van der Waals surface area contributed by atoms with Gasteiger partial charge in [0.25, 0.3) is 0 Å². The Balaban J connectivity index is 4.44. The normalized spacial score (nSPS) is 12.7. The second kappa shape index (κ2) is 52.2. The number of allylic oxidation sites excluding steroid dienone is 14. The molecule has 0 saturated carbocycles. The van der Waals surface area contributed by atoms with Gasteiger partial charge in [0, 0.05) is 19.3 Å². The Morgan fingerprint density at radius 2 is 0.609 bits per heavy atom. The molecule has 0 spiro atoms. The predicted molar refractivity (Wildman–Crippen MR) is 274 cm³/mol. The number of hydrogen-bond acceptors (Lipinski definition) is 6. The summed E-state index contributed by atoms with van der Waals surface area (Å²) in [6, 6.07) is 0. The average molecular weight is 891 g/mol. The van der Waals surface area contributed by atoms with Crippen LogP contribution in [0.15, 0.2) is 85.1 Å². The summed E-state index contributed by atoms with van der Waals surface area (Å²) in [6.45, 7) is 6.46. The van der Waals surface area contributed by atoms with Crippen molar-refractivity contribution in [1.82, 2.24) is 0 Å². The summed E-state index contributed by atoms with van der Waals surface area (Å²) in [7, 11) is 0. The van der Waals surface area contributed by atoms with Crippen LogP contribution in [-0.2, 0) is 28.6 Å². The maximum Gasteiger partial charge on any atom is 0.306 e. The smallest absolute Gasteiger partial charge is 0.306 e. The minimum absolute atomic E-state index is 0.0923. The molecular weight excluding hydrogens is 793 g/mol. The van der Waals surface area contributed by atoms with Crippen molar-refractivity contribution in [3.05, 3.63) is 85.1 Å². The van der Waals surface area contributed by atoms with E-state index in [-0.39, 0.29) is 31.1 Å². The Labute approximate surface area is 395 Å². The van der Waals surface area contributed by atoms with E-state index in [0.717, 1.165) is 109 Å². The number of esters is 3. The van der Waals surface area contributed by atoms with Crippen LogP contribution in [0, 0.1) is 0 Å². The van der Waals surface area contributed by atoms with E-state index >= 15 is 0 Å². The van der Waals surface area contributed by atoms with Crippen molar-refractivity contribution in [3.8, 4) is 0 Å². The lowest BCUT2D eigenvalue weighted by Gasteiger charge is -2.18. The topological polar surface area (TPSA) is 78.9 Å². The van der Waals surface area contributed by atoms with E-state index in [1.165, 1.54) is 96.3 Å². The molecule has 0 radical (unpaired) electrons. The summed E-state index contributed by atoms with van der Waals surface area (Å²) in [5, 5.41) is 0. The van der Waals surface area contributed by atoms with E-state index in [0.29, 0.717) is 19.3 Å². The van der Waals surface area contributed by atoms with Crippen LogP contribution in [0.1, 0.15) is 245 Å². The molecule has 366 valence electrons. The van der Waals surface area contributed by atoms with Gasteiger partial charge in [0.05, 0.1) is 0 Å². The van der Waals surface area contributed by atoms with Crippen molar-refractivity contribution in [2.75, 3.05) is 13.2 Å². The van der Waals surface area contributed by atoms with Crippen LogP contribution in [-0.4, -0.2) is 37.2 Å². The molecular formula is C58H98O6. The fourth-order valence-corrected chi connectivity index (χ4v) is 7.15. The standard InChI is InChI=1S/C58H98O6/c1-4-7-10-13-16-19-22-25-26-27-28-29-30-31-32-34-36-39-42-45-48-51-57(60)63-54-55(53-62-56(59)50-47-44-41-38-35-24-21-18-15-12-9-6-3)64-58(61)52-49-46-43-40-37-33-23-20-17-14-11-8-5-2/h7,10,16,19-20,23,25-26,28-29,31-32,36,39,55H,4-6,8-9,11-15,17-18,21-22,24,27,30,33-35,37-38,40-54H2,1-3H3/b10-7-,19-16-,23-20-,26-25-,29-28-,32-31-,39-36-. The van der Waals surface area contributed by atoms with Crippen LogP contribution >= 0.6 is 0 Å². The highest BCUT2D eigenvalue weighted by molar-refractivity contribution is 5.71. The summed E-state index contributed by atoms with van der Waals surface area (Å²) in [5.41, 5.74) is 0. The van der Waals surface area contributed by atoms with Crippen molar-refractivity contribution in [3.63, 3.8) is 0 Å². The summed E-state index contributed by atoms with van der Waals surface area (Å²) in [4.78, 5) is 38.0. The number of rotatable bonds is 47. The monoisotopic (exact) mass is 891 g/mol. The van der Waals surface area contributed by atoms with Gasteiger partial charge in [-0.1, -0.05) is 215 Å². The van der Waals surface area contributed by atoms with Crippen molar-refractivity contribution in [2.24, 2.45) is 0 Å². The van der Waals surface area contributed by atoms with E-state index in [9.17, 15) is 14.4 Å². The molecule has 1 unspecified atom stereocenters. The van der Waals surface area contributed by atoms with E-state index in [2.05, 4.69) is 106 Å². The van der Waals surface area contributed by atoms with E-state index < -0.39 is 6.10 Å². The molecule has 0 amide bonds. The fraction of sp³-hybridized carbons (Fsp3) is 0.707. The Kier molecular flexibility index (Phi) is 49.4. The third-order valence-electron chi connectivity index (χ3n) is 11.1. The molecule has 0 aromatic rings. The molecule has 0 aliphatic carbocycles. The minimum atomic E-state index is -0.796. The van der Waals surface area contributed by atoms with Gasteiger partial charge in [0.2, 0.25) is 0 Å². The molecule has 0 aromatic heterocycles. The van der Waals surface area contributed by atoms with Crippen molar-refractivity contribution >= 4 is 17.9 Å². The first-order valence-corrected chi connectivity index (χ1v) is 26.6. The number of ether oxygens (including phenoxy) is 3. The quantitative estimate of drug-likeness (QED) is 0.0262. The van der Waals surface area contributed by atoms with Gasteiger partial charge in [-0.15, -0.1) is 0 Å². The fourth-order valence-electron chi connectivity index (χ4n) is 7.15. The highest BCUT2D eigenvalue weighted by atomic mass is 16.6. The molecule has 1 atom stereocenters. The lowest BCUT2D eigenvalue weighted by Crippen LogP contribution is -2.30. The van der Waals surface area contributed by atoms with Gasteiger partial charge in [0.1, 0.15) is 13.2 Å². The van der Waals surface area contributed by atoms with Gasteiger partial charge in [-0.2, -0.15) is 0 Å². The Morgan fingerprint density at radius 1 is 0.328 bits per heavy atom. The SMILES string of the molecule is CC/C=C\C/C=C\C/C=C\C/C=C\C/C=C\C/C=C\CCCCC(=O)OCC(COC(=O)CCCCCCCCCCCCCC)OC(=O)CCCCCCC/C=C\CCCCCC. The number of hydrogen-bond donors (Lipinski definition) is 0. The van der Waals surface area contributed by atoms with Crippen molar-refractivity contribution < 1.29 is 28.6 Å². The molecule has 0 saturated heterocycles. The van der Waals surface area contributed by atoms with Crippen LogP contribution in [0.2, 0.25) is 0 Å². The lowest BCUT2D eigenvalue weighted by molar-refractivity contribution is -0.167. The zero-order valence-corrected chi connectivity index (χ0v) is 41.8. The van der Waals surface area contributed by atoms with Crippen molar-refractivity contribution in [2.45, 2.75) is 252 Å². The van der Waals surface area contributed by atoms with Crippen LogP contribution in [0.5, 0.6) is 0 Å². The van der Waals surface area contributed by atoms with Crippen LogP contribution < -0.4 is 0 Å². The summed E-state index contributed by atoms with van der Waals surface area (Å²) in [6.07, 6.45) is 67.1. The first kappa shape index (κ1) is 60.6. The Hall–Kier alpha value is -3.41. The summed E-state index contributed by atoms with van der Waals surface area (Å²) >= 11 is 0. The van der Waals surface area contributed by atoms with Gasteiger partial charge >= 0.3 is 17.9 Å². The second-order valence-corrected chi connectivity index (χ2v) is 17.4. The molecule has 6 nitrogen and oxygen atoms in total. The lowest BCUT2D eigenvalue weighted by atomic mass is 10.0. The van der Waals surface area contributed by atoms with Crippen LogP contribution in [0.3, 0.4) is 0 Å². The number of carbonyl (C=O) groups is 3. The molecule has 64 heavy (non-hydrogen) atoms. The molecule has 0 rings (SSSR count). The Bertz CT molecular complexity index is 1250. The second-order valence-electron chi connectivity index (χ2n) is 17.4. The first-order chi connectivity index (χ1) is 31.5. The maximum atomic E-state index is 12.8. The van der Waals surface area contributed by atoms with E-state index in [4.69, 9.17) is 14.2 Å². The van der Waals surface area contributed by atoms with Gasteiger partial charge in [-0.3, -0.25) is 14.4 Å². The Morgan fingerprint density at radius 3 is 1.02 bits per heavy atom. The van der Waals surface area contributed by atoms with Gasteiger partial charge in [0.15, 0.2) is 6.10 Å². The average Bonchev–Trinajstić information content (AvgIpc) is 3.29. The zero-order chi connectivity index (χ0) is 46.5. The number of unbranched alkanes of at least 4 members (excludes halogenated alkanes) is 22. The molecule has 0 aromatic carbocycles. The third kappa shape index (κ3) is 49.6. The van der Waals surface area contributed by atoms with Crippen molar-refractivity contribution in [1.29, 1.82) is 0 Å². The largest absolute Gasteiger partial charge is 0.462 e. The van der Waals surface area contributed by atoms with Gasteiger partial charge in [-0.05, 0) is 96.3 Å². The molecule has 0 heterocycles. The zero-order valence-electron chi connectivity index (χ0n) is 41.8. The number of carbonyl (C=O) groups excluding carboxylic acids is 3. The maximum absolute atomic E-state index is 12.8. The summed E-state index contributed by atoms with van der Waals surface area (Å²) in [5.74, 6) is -0.946. The van der Waals surface area contributed by atoms with Gasteiger partial charge < -0.3 is 14.2 Å². The third-order valence-corrected chi connectivity index (χ3v) is 11.1. The predicted octanol–water partition coefficient (Wildman–Crippen LogP) is 17.6. The molecule has 0 bridgehead atoms. The summed E-state index contributed by atoms with van der Waals surface area (Å²) < 4.78 is 16.8. The molecule has 6 heteroatoms. The minimum Gasteiger partial charge on any atom is -0.462 e. The molecule has 0 N–H and O–H groups in total. The highest BCUT2D eigenvalue weighted by Crippen LogP contribution is 2.14. The van der Waals surface area contributed by atoms with Crippen LogP contribution in [0.4, 0.5) is 0 Å². The van der Waals surface area contributed by atoms with E-state index in [1.807, 2.05) is 0 Å². The molecule has 0 aliphatic heterocycles. The van der Waals surface area contributed by atoms with Gasteiger partial charge in [-0.25, -0.2) is 0 Å². The van der Waals surface area contributed by atoms with Crippen LogP contribution in [0.25, 0.3) is 0 Å². The first-order valence-electron chi connectivity index (χ1n) is 26.6. The molecule has 0 fully saturated rings. The van der Waals surface area contributed by atoms with E-state index in [1.54, 1.807) is 0 Å².